The lowest BCUT2D eigenvalue weighted by molar-refractivity contribution is 0.0949. The van der Waals surface area contributed by atoms with Crippen molar-refractivity contribution in [2.24, 2.45) is 0 Å². The van der Waals surface area contributed by atoms with E-state index in [9.17, 15) is 14.3 Å². The van der Waals surface area contributed by atoms with Gasteiger partial charge in [0, 0.05) is 12.1 Å². The smallest absolute Gasteiger partial charge is 0.251 e. The quantitative estimate of drug-likeness (QED) is 0.890. The normalized spacial score (nSPS) is 10.2. The zero-order valence-corrected chi connectivity index (χ0v) is 10.5. The van der Waals surface area contributed by atoms with Crippen LogP contribution in [0.15, 0.2) is 42.5 Å². The van der Waals surface area contributed by atoms with Crippen LogP contribution in [-0.4, -0.2) is 11.0 Å². The summed E-state index contributed by atoms with van der Waals surface area (Å²) in [6.45, 7) is 2.03. The molecular formula is C15H14FNO2. The maximum Gasteiger partial charge on any atom is 0.251 e. The Morgan fingerprint density at radius 1 is 1.26 bits per heavy atom. The third-order valence-corrected chi connectivity index (χ3v) is 2.81. The molecule has 4 heteroatoms. The van der Waals surface area contributed by atoms with Gasteiger partial charge in [0.2, 0.25) is 0 Å². The summed E-state index contributed by atoms with van der Waals surface area (Å²) in [6.07, 6.45) is 0. The fourth-order valence-electron chi connectivity index (χ4n) is 1.78. The van der Waals surface area contributed by atoms with Crippen LogP contribution in [0, 0.1) is 12.7 Å². The highest BCUT2D eigenvalue weighted by Crippen LogP contribution is 2.12. The Morgan fingerprint density at radius 2 is 2.05 bits per heavy atom. The van der Waals surface area contributed by atoms with Crippen molar-refractivity contribution >= 4 is 5.91 Å². The van der Waals surface area contributed by atoms with Gasteiger partial charge in [-0.1, -0.05) is 18.2 Å². The molecular weight excluding hydrogens is 245 g/mol. The second-order valence-electron chi connectivity index (χ2n) is 4.31. The molecule has 0 fully saturated rings. The Bertz CT molecular complexity index is 611. The van der Waals surface area contributed by atoms with Gasteiger partial charge in [-0.05, 0) is 42.3 Å². The average Bonchev–Trinajstić information content (AvgIpc) is 2.39. The third kappa shape index (κ3) is 3.31. The Morgan fingerprint density at radius 3 is 2.79 bits per heavy atom. The van der Waals surface area contributed by atoms with Crippen LogP contribution in [0.1, 0.15) is 21.5 Å². The van der Waals surface area contributed by atoms with E-state index in [4.69, 9.17) is 0 Å². The lowest BCUT2D eigenvalue weighted by atomic mass is 10.1. The molecule has 19 heavy (non-hydrogen) atoms. The fraction of sp³-hybridized carbons (Fsp3) is 0.133. The first kappa shape index (κ1) is 13.1. The first-order chi connectivity index (χ1) is 9.06. The van der Waals surface area contributed by atoms with Crippen LogP contribution >= 0.6 is 0 Å². The van der Waals surface area contributed by atoms with E-state index in [1.165, 1.54) is 12.1 Å². The molecule has 3 nitrogen and oxygen atoms in total. The molecule has 2 rings (SSSR count). The van der Waals surface area contributed by atoms with Crippen LogP contribution in [0.25, 0.3) is 0 Å². The number of aryl methyl sites for hydroxylation is 1. The molecule has 0 unspecified atom stereocenters. The first-order valence-corrected chi connectivity index (χ1v) is 5.88. The molecule has 0 radical (unpaired) electrons. The molecule has 0 heterocycles. The maximum absolute atomic E-state index is 13.1. The van der Waals surface area contributed by atoms with Crippen molar-refractivity contribution in [2.75, 3.05) is 0 Å². The lowest BCUT2D eigenvalue weighted by Gasteiger charge is -2.08. The molecule has 98 valence electrons. The van der Waals surface area contributed by atoms with Crippen LogP contribution in [-0.2, 0) is 6.54 Å². The first-order valence-electron chi connectivity index (χ1n) is 5.88. The molecule has 0 aliphatic heterocycles. The number of phenolic OH excluding ortho intramolecular Hbond substituents is 1. The number of carbonyl (C=O) groups excluding carboxylic acids is 1. The molecule has 1 amide bonds. The van der Waals surface area contributed by atoms with E-state index in [2.05, 4.69) is 5.32 Å². The summed E-state index contributed by atoms with van der Waals surface area (Å²) < 4.78 is 13.1. The fourth-order valence-corrected chi connectivity index (χ4v) is 1.78. The van der Waals surface area contributed by atoms with E-state index in [0.717, 1.165) is 11.1 Å². The van der Waals surface area contributed by atoms with Crippen LogP contribution in [0.4, 0.5) is 4.39 Å². The van der Waals surface area contributed by atoms with Crippen molar-refractivity contribution in [1.29, 1.82) is 0 Å². The molecule has 2 aromatic rings. The summed E-state index contributed by atoms with van der Waals surface area (Å²) in [7, 11) is 0. The van der Waals surface area contributed by atoms with Crippen molar-refractivity contribution in [1.82, 2.24) is 5.32 Å². The van der Waals surface area contributed by atoms with Crippen LogP contribution < -0.4 is 5.32 Å². The van der Waals surface area contributed by atoms with Gasteiger partial charge in [0.25, 0.3) is 5.91 Å². The number of aromatic hydroxyl groups is 1. The largest absolute Gasteiger partial charge is 0.508 e. The molecule has 0 saturated heterocycles. The monoisotopic (exact) mass is 259 g/mol. The van der Waals surface area contributed by atoms with Gasteiger partial charge in [-0.25, -0.2) is 4.39 Å². The second-order valence-corrected chi connectivity index (χ2v) is 4.31. The van der Waals surface area contributed by atoms with Crippen LogP contribution in [0.2, 0.25) is 0 Å². The lowest BCUT2D eigenvalue weighted by Crippen LogP contribution is -2.23. The van der Waals surface area contributed by atoms with Gasteiger partial charge in [0.05, 0.1) is 0 Å². The number of halogens is 1. The van der Waals surface area contributed by atoms with Gasteiger partial charge in [0.1, 0.15) is 11.6 Å². The predicted octanol–water partition coefficient (Wildman–Crippen LogP) is 2.77. The van der Waals surface area contributed by atoms with Crippen LogP contribution in [0.3, 0.4) is 0 Å². The highest BCUT2D eigenvalue weighted by molar-refractivity contribution is 5.95. The van der Waals surface area contributed by atoms with Gasteiger partial charge in [-0.15, -0.1) is 0 Å². The van der Waals surface area contributed by atoms with Crippen molar-refractivity contribution in [3.63, 3.8) is 0 Å². The number of benzene rings is 2. The average molecular weight is 259 g/mol. The van der Waals surface area contributed by atoms with Gasteiger partial charge in [-0.3, -0.25) is 4.79 Å². The molecule has 0 saturated carbocycles. The predicted molar refractivity (Wildman–Crippen MR) is 70.4 cm³/mol. The van der Waals surface area contributed by atoms with E-state index in [1.54, 1.807) is 37.3 Å². The van der Waals surface area contributed by atoms with Crippen molar-refractivity contribution in [2.45, 2.75) is 13.5 Å². The SMILES string of the molecule is Cc1ccc(F)cc1C(=O)NCc1cccc(O)c1. The number of amides is 1. The highest BCUT2D eigenvalue weighted by atomic mass is 19.1. The van der Waals surface area contributed by atoms with Gasteiger partial charge < -0.3 is 10.4 Å². The molecule has 0 aliphatic rings. The zero-order chi connectivity index (χ0) is 13.8. The molecule has 0 spiro atoms. The number of rotatable bonds is 3. The molecule has 0 atom stereocenters. The Kier molecular flexibility index (Phi) is 3.80. The minimum Gasteiger partial charge on any atom is -0.508 e. The summed E-state index contributed by atoms with van der Waals surface area (Å²) in [5.74, 6) is -0.623. The van der Waals surface area contributed by atoms with E-state index in [0.29, 0.717) is 5.56 Å². The van der Waals surface area contributed by atoms with Gasteiger partial charge >= 0.3 is 0 Å². The Labute approximate surface area is 110 Å². The molecule has 2 N–H and O–H groups in total. The third-order valence-electron chi connectivity index (χ3n) is 2.81. The summed E-state index contributed by atoms with van der Waals surface area (Å²) in [5.41, 5.74) is 1.82. The van der Waals surface area contributed by atoms with Crippen molar-refractivity contribution in [3.05, 3.63) is 65.0 Å². The van der Waals surface area contributed by atoms with Crippen molar-refractivity contribution < 1.29 is 14.3 Å². The molecule has 0 aromatic heterocycles. The summed E-state index contributed by atoms with van der Waals surface area (Å²) >= 11 is 0. The molecule has 2 aromatic carbocycles. The maximum atomic E-state index is 13.1. The molecule has 0 aliphatic carbocycles. The zero-order valence-electron chi connectivity index (χ0n) is 10.5. The van der Waals surface area contributed by atoms with Crippen molar-refractivity contribution in [3.8, 4) is 5.75 Å². The number of hydrogen-bond acceptors (Lipinski definition) is 2. The minimum absolute atomic E-state index is 0.147. The number of carbonyl (C=O) groups is 1. The highest BCUT2D eigenvalue weighted by Gasteiger charge is 2.09. The number of hydrogen-bond donors (Lipinski definition) is 2. The van der Waals surface area contributed by atoms with E-state index < -0.39 is 5.82 Å². The van der Waals surface area contributed by atoms with E-state index >= 15 is 0 Å². The summed E-state index contributed by atoms with van der Waals surface area (Å²) in [4.78, 5) is 11.9. The second kappa shape index (κ2) is 5.52. The standard InChI is InChI=1S/C15H14FNO2/c1-10-5-6-12(16)8-14(10)15(19)17-9-11-3-2-4-13(18)7-11/h2-8,18H,9H2,1H3,(H,17,19). The summed E-state index contributed by atoms with van der Waals surface area (Å²) in [6, 6.07) is 10.7. The van der Waals surface area contributed by atoms with Crippen LogP contribution in [0.5, 0.6) is 5.75 Å². The minimum atomic E-state index is -0.437. The molecule has 0 bridgehead atoms. The number of phenols is 1. The van der Waals surface area contributed by atoms with E-state index in [1.807, 2.05) is 0 Å². The van der Waals surface area contributed by atoms with Gasteiger partial charge in [0.15, 0.2) is 0 Å². The summed E-state index contributed by atoms with van der Waals surface area (Å²) in [5, 5.41) is 12.0. The van der Waals surface area contributed by atoms with Gasteiger partial charge in [-0.2, -0.15) is 0 Å². The topological polar surface area (TPSA) is 49.3 Å². The Hall–Kier alpha value is -2.36. The number of nitrogens with one attached hydrogen (secondary N) is 1. The Balaban J connectivity index is 2.07. The van der Waals surface area contributed by atoms with E-state index in [-0.39, 0.29) is 18.2 Å².